The van der Waals surface area contributed by atoms with E-state index in [1.54, 1.807) is 24.3 Å². The zero-order chi connectivity index (χ0) is 15.0. The molecule has 1 aromatic carbocycles. The molecule has 2 unspecified atom stereocenters. The number of likely N-dealkylation sites (N-methyl/N-ethyl adjacent to an activating group) is 1. The summed E-state index contributed by atoms with van der Waals surface area (Å²) >= 11 is 0. The summed E-state index contributed by atoms with van der Waals surface area (Å²) in [6, 6.07) is 9.49. The third-order valence-electron chi connectivity index (χ3n) is 3.36. The van der Waals surface area contributed by atoms with E-state index in [4.69, 9.17) is 10.00 Å². The van der Waals surface area contributed by atoms with Crippen LogP contribution >= 0.6 is 0 Å². The van der Waals surface area contributed by atoms with E-state index in [2.05, 4.69) is 24.8 Å². The average molecular weight is 276 g/mol. The third kappa shape index (κ3) is 5.60. The SMILES string of the molecule is CCCC(C)N(C)CC(O)COc1cccc(C#N)c1. The maximum absolute atomic E-state index is 9.99. The zero-order valence-corrected chi connectivity index (χ0v) is 12.5. The van der Waals surface area contributed by atoms with Gasteiger partial charge < -0.3 is 14.7 Å². The molecule has 110 valence electrons. The number of nitrogens with zero attached hydrogens (tertiary/aromatic N) is 2. The first-order valence-electron chi connectivity index (χ1n) is 7.08. The van der Waals surface area contributed by atoms with Crippen LogP contribution in [0.1, 0.15) is 32.3 Å². The van der Waals surface area contributed by atoms with Crippen LogP contribution in [-0.4, -0.2) is 42.4 Å². The van der Waals surface area contributed by atoms with E-state index in [1.807, 2.05) is 7.05 Å². The largest absolute Gasteiger partial charge is 0.491 e. The van der Waals surface area contributed by atoms with E-state index in [0.29, 0.717) is 23.9 Å². The summed E-state index contributed by atoms with van der Waals surface area (Å²) in [4.78, 5) is 2.14. The topological polar surface area (TPSA) is 56.5 Å². The van der Waals surface area contributed by atoms with Crippen molar-refractivity contribution in [1.82, 2.24) is 4.90 Å². The normalized spacial score (nSPS) is 13.8. The molecule has 0 heterocycles. The fourth-order valence-electron chi connectivity index (χ4n) is 2.05. The van der Waals surface area contributed by atoms with Crippen molar-refractivity contribution in [1.29, 1.82) is 5.26 Å². The van der Waals surface area contributed by atoms with Gasteiger partial charge in [0.1, 0.15) is 18.5 Å². The van der Waals surface area contributed by atoms with Gasteiger partial charge in [-0.3, -0.25) is 0 Å². The first-order valence-corrected chi connectivity index (χ1v) is 7.08. The Hall–Kier alpha value is -1.57. The van der Waals surface area contributed by atoms with Crippen LogP contribution in [0.25, 0.3) is 0 Å². The quantitative estimate of drug-likeness (QED) is 0.792. The maximum atomic E-state index is 9.99. The standard InChI is InChI=1S/C16H24N2O2/c1-4-6-13(2)18(3)11-15(19)12-20-16-8-5-7-14(9-16)10-17/h5,7-9,13,15,19H,4,6,11-12H2,1-3H3. The van der Waals surface area contributed by atoms with Crippen molar-refractivity contribution >= 4 is 0 Å². The Morgan fingerprint density at radius 3 is 2.85 bits per heavy atom. The fourth-order valence-corrected chi connectivity index (χ4v) is 2.05. The predicted molar refractivity (Wildman–Crippen MR) is 79.7 cm³/mol. The van der Waals surface area contributed by atoms with Crippen LogP contribution in [0.15, 0.2) is 24.3 Å². The second-order valence-electron chi connectivity index (χ2n) is 5.18. The molecule has 20 heavy (non-hydrogen) atoms. The minimum Gasteiger partial charge on any atom is -0.491 e. The van der Waals surface area contributed by atoms with E-state index < -0.39 is 6.10 Å². The molecular weight excluding hydrogens is 252 g/mol. The Bertz CT molecular complexity index is 442. The maximum Gasteiger partial charge on any atom is 0.120 e. The molecule has 0 bridgehead atoms. The van der Waals surface area contributed by atoms with Gasteiger partial charge in [-0.1, -0.05) is 19.4 Å². The Morgan fingerprint density at radius 1 is 1.45 bits per heavy atom. The number of nitriles is 1. The van der Waals surface area contributed by atoms with Crippen LogP contribution in [-0.2, 0) is 0 Å². The number of aliphatic hydroxyl groups excluding tert-OH is 1. The van der Waals surface area contributed by atoms with Crippen molar-refractivity contribution in [2.24, 2.45) is 0 Å². The summed E-state index contributed by atoms with van der Waals surface area (Å²) in [5.41, 5.74) is 0.561. The fraction of sp³-hybridized carbons (Fsp3) is 0.562. The molecule has 4 nitrogen and oxygen atoms in total. The number of hydrogen-bond donors (Lipinski definition) is 1. The van der Waals surface area contributed by atoms with Gasteiger partial charge in [0.2, 0.25) is 0 Å². The molecule has 0 aliphatic rings. The van der Waals surface area contributed by atoms with Gasteiger partial charge in [0.25, 0.3) is 0 Å². The smallest absolute Gasteiger partial charge is 0.120 e. The second kappa shape index (κ2) is 8.57. The van der Waals surface area contributed by atoms with Gasteiger partial charge in [0, 0.05) is 12.6 Å². The molecule has 1 aromatic rings. The van der Waals surface area contributed by atoms with Crippen molar-refractivity contribution in [3.63, 3.8) is 0 Å². The third-order valence-corrected chi connectivity index (χ3v) is 3.36. The van der Waals surface area contributed by atoms with Gasteiger partial charge in [-0.15, -0.1) is 0 Å². The summed E-state index contributed by atoms with van der Waals surface area (Å²) in [6.45, 7) is 5.14. The van der Waals surface area contributed by atoms with E-state index >= 15 is 0 Å². The Kier molecular flexibility index (Phi) is 7.06. The molecule has 2 atom stereocenters. The molecule has 0 aromatic heterocycles. The van der Waals surface area contributed by atoms with Crippen LogP contribution in [0.2, 0.25) is 0 Å². The van der Waals surface area contributed by atoms with Crippen molar-refractivity contribution in [2.45, 2.75) is 38.8 Å². The van der Waals surface area contributed by atoms with Crippen molar-refractivity contribution in [2.75, 3.05) is 20.2 Å². The molecule has 0 radical (unpaired) electrons. The number of benzene rings is 1. The number of rotatable bonds is 8. The van der Waals surface area contributed by atoms with Gasteiger partial charge in [0.05, 0.1) is 11.6 Å². The molecule has 1 rings (SSSR count). The molecule has 1 N–H and O–H groups in total. The van der Waals surface area contributed by atoms with Crippen molar-refractivity contribution in [3.05, 3.63) is 29.8 Å². The molecular formula is C16H24N2O2. The molecule has 0 aliphatic carbocycles. The van der Waals surface area contributed by atoms with Gasteiger partial charge in [-0.2, -0.15) is 5.26 Å². The highest BCUT2D eigenvalue weighted by atomic mass is 16.5. The molecule has 0 amide bonds. The summed E-state index contributed by atoms with van der Waals surface area (Å²) < 4.78 is 5.52. The molecule has 4 heteroatoms. The lowest BCUT2D eigenvalue weighted by atomic mass is 10.1. The van der Waals surface area contributed by atoms with Gasteiger partial charge >= 0.3 is 0 Å². The Balaban J connectivity index is 2.39. The van der Waals surface area contributed by atoms with Crippen molar-refractivity contribution < 1.29 is 9.84 Å². The predicted octanol–water partition coefficient (Wildman–Crippen LogP) is 2.42. The average Bonchev–Trinajstić information content (AvgIpc) is 2.45. The molecule has 0 fully saturated rings. The lowest BCUT2D eigenvalue weighted by Crippen LogP contribution is -2.38. The van der Waals surface area contributed by atoms with E-state index in [0.717, 1.165) is 12.8 Å². The molecule has 0 saturated carbocycles. The first-order chi connectivity index (χ1) is 9.56. The lowest BCUT2D eigenvalue weighted by molar-refractivity contribution is 0.0641. The van der Waals surface area contributed by atoms with Crippen LogP contribution in [0.5, 0.6) is 5.75 Å². The van der Waals surface area contributed by atoms with Crippen LogP contribution < -0.4 is 4.74 Å². The number of ether oxygens (including phenoxy) is 1. The van der Waals surface area contributed by atoms with Crippen molar-refractivity contribution in [3.8, 4) is 11.8 Å². The minimum absolute atomic E-state index is 0.234. The molecule has 0 aliphatic heterocycles. The minimum atomic E-state index is -0.537. The summed E-state index contributed by atoms with van der Waals surface area (Å²) in [7, 11) is 2.01. The first kappa shape index (κ1) is 16.5. The Morgan fingerprint density at radius 2 is 2.20 bits per heavy atom. The number of hydrogen-bond acceptors (Lipinski definition) is 4. The van der Waals surface area contributed by atoms with E-state index in [-0.39, 0.29) is 6.61 Å². The van der Waals surface area contributed by atoms with Gasteiger partial charge in [-0.25, -0.2) is 0 Å². The second-order valence-corrected chi connectivity index (χ2v) is 5.18. The summed E-state index contributed by atoms with van der Waals surface area (Å²) in [6.07, 6.45) is 1.72. The zero-order valence-electron chi connectivity index (χ0n) is 12.5. The highest BCUT2D eigenvalue weighted by Gasteiger charge is 2.13. The highest BCUT2D eigenvalue weighted by Crippen LogP contribution is 2.13. The lowest BCUT2D eigenvalue weighted by Gasteiger charge is -2.26. The van der Waals surface area contributed by atoms with E-state index in [1.165, 1.54) is 0 Å². The molecule has 0 saturated heterocycles. The molecule has 0 spiro atoms. The Labute approximate surface area is 121 Å². The van der Waals surface area contributed by atoms with Crippen LogP contribution in [0.4, 0.5) is 0 Å². The number of aliphatic hydroxyl groups is 1. The van der Waals surface area contributed by atoms with E-state index in [9.17, 15) is 5.11 Å². The summed E-state index contributed by atoms with van der Waals surface area (Å²) in [5, 5.41) is 18.8. The highest BCUT2D eigenvalue weighted by molar-refractivity contribution is 5.36. The van der Waals surface area contributed by atoms with Gasteiger partial charge in [0.15, 0.2) is 0 Å². The monoisotopic (exact) mass is 276 g/mol. The summed E-state index contributed by atoms with van der Waals surface area (Å²) in [5.74, 6) is 0.618. The van der Waals surface area contributed by atoms with Crippen LogP contribution in [0.3, 0.4) is 0 Å². The van der Waals surface area contributed by atoms with Crippen LogP contribution in [0, 0.1) is 11.3 Å². The van der Waals surface area contributed by atoms with Gasteiger partial charge in [-0.05, 0) is 38.6 Å².